The van der Waals surface area contributed by atoms with Gasteiger partial charge in [0.15, 0.2) is 0 Å². The van der Waals surface area contributed by atoms with Crippen molar-refractivity contribution in [3.05, 3.63) is 101 Å². The van der Waals surface area contributed by atoms with E-state index in [2.05, 4.69) is 5.32 Å². The van der Waals surface area contributed by atoms with Gasteiger partial charge in [0.1, 0.15) is 12.6 Å². The van der Waals surface area contributed by atoms with Crippen molar-refractivity contribution < 1.29 is 18.0 Å². The maximum Gasteiger partial charge on any atom is 0.244 e. The Kier molecular flexibility index (Phi) is 10.5. The van der Waals surface area contributed by atoms with Crippen LogP contribution in [0.15, 0.2) is 78.9 Å². The molecule has 1 saturated carbocycles. The zero-order chi connectivity index (χ0) is 29.4. The molecule has 0 aromatic heterocycles. The smallest absolute Gasteiger partial charge is 0.244 e. The topological polar surface area (TPSA) is 86.8 Å². The highest BCUT2D eigenvalue weighted by molar-refractivity contribution is 7.92. The SMILES string of the molecule is CCc1ccc(N(CC(=O)N(Cc2ccccc2Cl)C(Cc2ccccc2)C(=O)NC2CCCC2)S(C)(=O)=O)cc1. The van der Waals surface area contributed by atoms with Gasteiger partial charge in [0.05, 0.1) is 11.9 Å². The third-order valence-corrected chi connectivity index (χ3v) is 9.09. The second-order valence-electron chi connectivity index (χ2n) is 10.6. The van der Waals surface area contributed by atoms with Gasteiger partial charge < -0.3 is 10.2 Å². The quantitative estimate of drug-likeness (QED) is 0.305. The number of nitrogens with one attached hydrogen (secondary N) is 1. The van der Waals surface area contributed by atoms with Crippen LogP contribution in [0.2, 0.25) is 5.02 Å². The van der Waals surface area contributed by atoms with Crippen LogP contribution in [0, 0.1) is 0 Å². The van der Waals surface area contributed by atoms with Crippen LogP contribution in [0.1, 0.15) is 49.3 Å². The molecule has 2 amide bonds. The lowest BCUT2D eigenvalue weighted by Crippen LogP contribution is -2.54. The average molecular weight is 596 g/mol. The standard InChI is InChI=1S/C32H38ClN3O4S/c1-3-24-17-19-28(20-18-24)36(41(2,39)40)23-31(37)35(22-26-13-7-10-16-29(26)33)30(21-25-11-5-4-6-12-25)32(38)34-27-14-8-9-15-27/h4-7,10-13,16-20,27,30H,3,8-9,14-15,21-23H2,1-2H3,(H,34,38). The molecule has 1 N–H and O–H groups in total. The summed E-state index contributed by atoms with van der Waals surface area (Å²) in [5.74, 6) is -0.739. The molecule has 0 spiro atoms. The Morgan fingerprint density at radius 2 is 1.56 bits per heavy atom. The third kappa shape index (κ3) is 8.33. The van der Waals surface area contributed by atoms with Gasteiger partial charge in [-0.3, -0.25) is 13.9 Å². The molecule has 0 bridgehead atoms. The highest BCUT2D eigenvalue weighted by Gasteiger charge is 2.34. The van der Waals surface area contributed by atoms with Crippen molar-refractivity contribution in [1.29, 1.82) is 0 Å². The molecule has 0 radical (unpaired) electrons. The van der Waals surface area contributed by atoms with Gasteiger partial charge in [-0.25, -0.2) is 8.42 Å². The molecule has 0 aliphatic heterocycles. The Morgan fingerprint density at radius 1 is 0.927 bits per heavy atom. The highest BCUT2D eigenvalue weighted by atomic mass is 35.5. The van der Waals surface area contributed by atoms with Crippen LogP contribution < -0.4 is 9.62 Å². The van der Waals surface area contributed by atoms with E-state index in [1.54, 1.807) is 24.3 Å². The van der Waals surface area contributed by atoms with E-state index in [0.29, 0.717) is 16.3 Å². The number of halogens is 1. The normalized spacial score (nSPS) is 14.4. The van der Waals surface area contributed by atoms with Crippen molar-refractivity contribution in [3.63, 3.8) is 0 Å². The van der Waals surface area contributed by atoms with Crippen LogP contribution in [-0.2, 0) is 39.0 Å². The summed E-state index contributed by atoms with van der Waals surface area (Å²) in [6, 6.07) is 23.0. The zero-order valence-corrected chi connectivity index (χ0v) is 25.2. The predicted molar refractivity (Wildman–Crippen MR) is 164 cm³/mol. The summed E-state index contributed by atoms with van der Waals surface area (Å²) in [7, 11) is -3.81. The Labute approximate surface area is 248 Å². The van der Waals surface area contributed by atoms with Gasteiger partial charge in [0, 0.05) is 24.0 Å². The van der Waals surface area contributed by atoms with Crippen LogP contribution in [0.4, 0.5) is 5.69 Å². The van der Waals surface area contributed by atoms with E-state index in [1.807, 2.05) is 61.5 Å². The molecular weight excluding hydrogens is 558 g/mol. The van der Waals surface area contributed by atoms with Crippen LogP contribution in [-0.4, -0.2) is 50.0 Å². The van der Waals surface area contributed by atoms with Gasteiger partial charge in [-0.1, -0.05) is 92.0 Å². The van der Waals surface area contributed by atoms with E-state index in [-0.39, 0.29) is 24.9 Å². The summed E-state index contributed by atoms with van der Waals surface area (Å²) in [5, 5.41) is 3.63. The summed E-state index contributed by atoms with van der Waals surface area (Å²) in [6.07, 6.45) is 6.07. The molecule has 0 saturated heterocycles. The van der Waals surface area contributed by atoms with Crippen molar-refractivity contribution in [3.8, 4) is 0 Å². The molecule has 3 aromatic carbocycles. The van der Waals surface area contributed by atoms with E-state index in [0.717, 1.165) is 53.8 Å². The highest BCUT2D eigenvalue weighted by Crippen LogP contribution is 2.24. The van der Waals surface area contributed by atoms with Crippen molar-refractivity contribution in [2.45, 2.75) is 64.1 Å². The summed E-state index contributed by atoms with van der Waals surface area (Å²) in [5.41, 5.74) is 3.02. The molecule has 9 heteroatoms. The summed E-state index contributed by atoms with van der Waals surface area (Å²) < 4.78 is 27.0. The first kappa shape index (κ1) is 30.6. The van der Waals surface area contributed by atoms with Gasteiger partial charge in [-0.2, -0.15) is 0 Å². The number of sulfonamides is 1. The third-order valence-electron chi connectivity index (χ3n) is 7.58. The second-order valence-corrected chi connectivity index (χ2v) is 12.9. The summed E-state index contributed by atoms with van der Waals surface area (Å²) in [6.45, 7) is 1.63. The molecule has 4 rings (SSSR count). The molecular formula is C32H38ClN3O4S. The Bertz CT molecular complexity index is 1420. The molecule has 1 fully saturated rings. The molecule has 1 unspecified atom stereocenters. The average Bonchev–Trinajstić information content (AvgIpc) is 3.47. The van der Waals surface area contributed by atoms with E-state index in [1.165, 1.54) is 4.90 Å². The second kappa shape index (κ2) is 14.0. The van der Waals surface area contributed by atoms with Crippen molar-refractivity contribution in [1.82, 2.24) is 10.2 Å². The number of nitrogens with zero attached hydrogens (tertiary/aromatic N) is 2. The molecule has 41 heavy (non-hydrogen) atoms. The van der Waals surface area contributed by atoms with E-state index in [9.17, 15) is 18.0 Å². The number of carbonyl (C=O) groups excluding carboxylic acids is 2. The number of hydrogen-bond donors (Lipinski definition) is 1. The van der Waals surface area contributed by atoms with Crippen LogP contribution in [0.3, 0.4) is 0 Å². The molecule has 1 aliphatic rings. The Balaban J connectivity index is 1.72. The number of carbonyl (C=O) groups is 2. The van der Waals surface area contributed by atoms with E-state index in [4.69, 9.17) is 11.6 Å². The van der Waals surface area contributed by atoms with Gasteiger partial charge in [-0.05, 0) is 54.2 Å². The molecule has 7 nitrogen and oxygen atoms in total. The summed E-state index contributed by atoms with van der Waals surface area (Å²) in [4.78, 5) is 29.5. The fourth-order valence-electron chi connectivity index (χ4n) is 5.24. The van der Waals surface area contributed by atoms with E-state index >= 15 is 0 Å². The minimum Gasteiger partial charge on any atom is -0.352 e. The van der Waals surface area contributed by atoms with Gasteiger partial charge in [-0.15, -0.1) is 0 Å². The number of anilines is 1. The van der Waals surface area contributed by atoms with Crippen LogP contribution in [0.25, 0.3) is 0 Å². The number of amides is 2. The fraction of sp³-hybridized carbons (Fsp3) is 0.375. The number of hydrogen-bond acceptors (Lipinski definition) is 4. The predicted octanol–water partition coefficient (Wildman–Crippen LogP) is 5.37. The number of benzene rings is 3. The van der Waals surface area contributed by atoms with Crippen molar-refractivity contribution in [2.24, 2.45) is 0 Å². The molecule has 1 atom stereocenters. The van der Waals surface area contributed by atoms with Crippen molar-refractivity contribution in [2.75, 3.05) is 17.1 Å². The maximum absolute atomic E-state index is 14.2. The molecule has 3 aromatic rings. The van der Waals surface area contributed by atoms with Gasteiger partial charge in [0.25, 0.3) is 0 Å². The zero-order valence-electron chi connectivity index (χ0n) is 23.6. The Hall–Kier alpha value is -3.36. The summed E-state index contributed by atoms with van der Waals surface area (Å²) >= 11 is 6.51. The minimum atomic E-state index is -3.81. The molecule has 218 valence electrons. The van der Waals surface area contributed by atoms with Gasteiger partial charge >= 0.3 is 0 Å². The first-order valence-corrected chi connectivity index (χ1v) is 16.3. The molecule has 0 heterocycles. The minimum absolute atomic E-state index is 0.0560. The largest absolute Gasteiger partial charge is 0.352 e. The van der Waals surface area contributed by atoms with E-state index < -0.39 is 28.5 Å². The Morgan fingerprint density at radius 3 is 2.17 bits per heavy atom. The van der Waals surface area contributed by atoms with Gasteiger partial charge in [0.2, 0.25) is 21.8 Å². The van der Waals surface area contributed by atoms with Crippen LogP contribution in [0.5, 0.6) is 0 Å². The monoisotopic (exact) mass is 595 g/mol. The number of rotatable bonds is 12. The maximum atomic E-state index is 14.2. The lowest BCUT2D eigenvalue weighted by Gasteiger charge is -2.34. The molecule has 1 aliphatic carbocycles. The van der Waals surface area contributed by atoms with Crippen LogP contribution >= 0.6 is 11.6 Å². The lowest BCUT2D eigenvalue weighted by molar-refractivity contribution is -0.140. The first-order valence-electron chi connectivity index (χ1n) is 14.1. The van der Waals surface area contributed by atoms with Crippen molar-refractivity contribution >= 4 is 39.1 Å². The number of aryl methyl sites for hydroxylation is 1. The fourth-order valence-corrected chi connectivity index (χ4v) is 6.29. The lowest BCUT2D eigenvalue weighted by atomic mass is 10.0. The first-order chi connectivity index (χ1) is 19.7.